The van der Waals surface area contributed by atoms with E-state index < -0.39 is 0 Å². The molecule has 0 radical (unpaired) electrons. The van der Waals surface area contributed by atoms with Crippen LogP contribution in [-0.4, -0.2) is 47.7 Å². The molecule has 1 amide bonds. The van der Waals surface area contributed by atoms with Crippen LogP contribution in [0.15, 0.2) is 47.6 Å². The van der Waals surface area contributed by atoms with Crippen molar-refractivity contribution in [2.75, 3.05) is 27.0 Å². The number of hydrogen-bond acceptors (Lipinski definition) is 6. The average Bonchev–Trinajstić information content (AvgIpc) is 3.16. The molecular weight excluding hydrogens is 395 g/mol. The molecule has 152 valence electrons. The van der Waals surface area contributed by atoms with Gasteiger partial charge in [0.1, 0.15) is 28.7 Å². The van der Waals surface area contributed by atoms with E-state index in [1.54, 1.807) is 30.3 Å². The molecule has 2 aromatic carbocycles. The second-order valence-corrected chi connectivity index (χ2v) is 6.73. The smallest absolute Gasteiger partial charge is 0.258 e. The molecule has 3 aromatic rings. The molecule has 0 spiro atoms. The largest absolute Gasteiger partial charge is 0.496 e. The Hall–Kier alpha value is -3.07. The van der Waals surface area contributed by atoms with Crippen molar-refractivity contribution in [2.45, 2.75) is 11.6 Å². The van der Waals surface area contributed by atoms with Crippen LogP contribution in [0, 0.1) is 5.82 Å². The van der Waals surface area contributed by atoms with E-state index in [1.807, 2.05) is 10.8 Å². The predicted molar refractivity (Wildman–Crippen MR) is 109 cm³/mol. The Labute approximate surface area is 172 Å². The Bertz CT molecular complexity index is 970. The van der Waals surface area contributed by atoms with Gasteiger partial charge in [-0.15, -0.1) is 10.2 Å². The van der Waals surface area contributed by atoms with Crippen molar-refractivity contribution in [3.8, 4) is 17.2 Å². The molecule has 0 saturated heterocycles. The zero-order valence-electron chi connectivity index (χ0n) is 16.3. The van der Waals surface area contributed by atoms with Crippen LogP contribution in [0.3, 0.4) is 0 Å². The third kappa shape index (κ3) is 4.51. The van der Waals surface area contributed by atoms with Crippen LogP contribution in [-0.2, 0) is 6.42 Å². The summed E-state index contributed by atoms with van der Waals surface area (Å²) in [4.78, 5) is 12.7. The number of nitrogens with one attached hydrogen (secondary N) is 1. The lowest BCUT2D eigenvalue weighted by atomic mass is 10.1. The summed E-state index contributed by atoms with van der Waals surface area (Å²) < 4.78 is 25.7. The number of thioether (sulfide) groups is 1. The van der Waals surface area contributed by atoms with Crippen molar-refractivity contribution in [1.82, 2.24) is 20.1 Å². The van der Waals surface area contributed by atoms with Crippen molar-refractivity contribution in [3.63, 3.8) is 0 Å². The van der Waals surface area contributed by atoms with Gasteiger partial charge in [0, 0.05) is 18.7 Å². The maximum Gasteiger partial charge on any atom is 0.258 e. The van der Waals surface area contributed by atoms with Gasteiger partial charge in [0.25, 0.3) is 5.91 Å². The Kier molecular flexibility index (Phi) is 6.71. The fourth-order valence-electron chi connectivity index (χ4n) is 2.90. The van der Waals surface area contributed by atoms with Gasteiger partial charge in [-0.05, 0) is 42.7 Å². The van der Waals surface area contributed by atoms with Crippen LogP contribution in [0.2, 0.25) is 0 Å². The van der Waals surface area contributed by atoms with E-state index in [4.69, 9.17) is 9.47 Å². The van der Waals surface area contributed by atoms with E-state index in [9.17, 15) is 9.18 Å². The molecule has 0 fully saturated rings. The fraction of sp³-hybridized carbons (Fsp3) is 0.250. The first kappa shape index (κ1) is 20.7. The minimum Gasteiger partial charge on any atom is -0.496 e. The standard InChI is InChI=1S/C20H21FN4O3S/c1-27-15-5-4-6-16(28-2)18(15)19(26)22-12-11-17-23-24-20(29-3)25(17)14-9-7-13(21)8-10-14/h4-10H,11-12H2,1-3H3,(H,22,26). The van der Waals surface area contributed by atoms with Crippen molar-refractivity contribution in [3.05, 3.63) is 59.7 Å². The van der Waals surface area contributed by atoms with Crippen molar-refractivity contribution in [2.24, 2.45) is 0 Å². The van der Waals surface area contributed by atoms with Crippen molar-refractivity contribution in [1.29, 1.82) is 0 Å². The molecule has 1 aromatic heterocycles. The number of carbonyl (C=O) groups excluding carboxylic acids is 1. The number of methoxy groups -OCH3 is 2. The van der Waals surface area contributed by atoms with Crippen LogP contribution in [0.1, 0.15) is 16.2 Å². The van der Waals surface area contributed by atoms with Gasteiger partial charge >= 0.3 is 0 Å². The Morgan fingerprint density at radius 1 is 1.10 bits per heavy atom. The third-order valence-electron chi connectivity index (χ3n) is 4.26. The number of hydrogen-bond donors (Lipinski definition) is 1. The summed E-state index contributed by atoms with van der Waals surface area (Å²) in [7, 11) is 3.00. The fourth-order valence-corrected chi connectivity index (χ4v) is 3.41. The van der Waals surface area contributed by atoms with E-state index >= 15 is 0 Å². The quantitative estimate of drug-likeness (QED) is 0.569. The number of benzene rings is 2. The minimum absolute atomic E-state index is 0.308. The SMILES string of the molecule is COc1cccc(OC)c1C(=O)NCCc1nnc(SC)n1-c1ccc(F)cc1. The van der Waals surface area contributed by atoms with Gasteiger partial charge in [-0.2, -0.15) is 0 Å². The number of aromatic nitrogens is 3. The lowest BCUT2D eigenvalue weighted by Gasteiger charge is -2.13. The van der Waals surface area contributed by atoms with Gasteiger partial charge in [0.2, 0.25) is 0 Å². The summed E-state index contributed by atoms with van der Waals surface area (Å²) in [6, 6.07) is 11.3. The zero-order chi connectivity index (χ0) is 20.8. The predicted octanol–water partition coefficient (Wildman–Crippen LogP) is 3.12. The van der Waals surface area contributed by atoms with Crippen molar-refractivity contribution < 1.29 is 18.7 Å². The summed E-state index contributed by atoms with van der Waals surface area (Å²) in [5, 5.41) is 11.9. The monoisotopic (exact) mass is 416 g/mol. The normalized spacial score (nSPS) is 10.6. The summed E-state index contributed by atoms with van der Waals surface area (Å²) in [5.74, 6) is 0.902. The Morgan fingerprint density at radius 3 is 2.34 bits per heavy atom. The van der Waals surface area contributed by atoms with E-state index in [1.165, 1.54) is 38.1 Å². The number of carbonyl (C=O) groups is 1. The number of halogens is 1. The third-order valence-corrected chi connectivity index (χ3v) is 4.89. The van der Waals surface area contributed by atoms with E-state index in [2.05, 4.69) is 15.5 Å². The number of ether oxygens (including phenoxy) is 2. The highest BCUT2D eigenvalue weighted by Crippen LogP contribution is 2.28. The molecule has 0 atom stereocenters. The zero-order valence-corrected chi connectivity index (χ0v) is 17.1. The molecule has 7 nitrogen and oxygen atoms in total. The van der Waals surface area contributed by atoms with E-state index in [0.717, 1.165) is 5.69 Å². The maximum absolute atomic E-state index is 13.3. The summed E-state index contributed by atoms with van der Waals surface area (Å²) in [6.45, 7) is 0.327. The van der Waals surface area contributed by atoms with Crippen LogP contribution in [0.4, 0.5) is 4.39 Å². The first-order chi connectivity index (χ1) is 14.1. The topological polar surface area (TPSA) is 78.3 Å². The maximum atomic E-state index is 13.3. The van der Waals surface area contributed by atoms with Gasteiger partial charge in [0.05, 0.1) is 14.2 Å². The molecule has 3 rings (SSSR count). The van der Waals surface area contributed by atoms with Gasteiger partial charge in [-0.3, -0.25) is 9.36 Å². The highest BCUT2D eigenvalue weighted by atomic mass is 32.2. The van der Waals surface area contributed by atoms with Crippen LogP contribution in [0.5, 0.6) is 11.5 Å². The molecule has 1 N–H and O–H groups in total. The van der Waals surface area contributed by atoms with E-state index in [-0.39, 0.29) is 11.7 Å². The summed E-state index contributed by atoms with van der Waals surface area (Å²) >= 11 is 1.44. The summed E-state index contributed by atoms with van der Waals surface area (Å²) in [6.07, 6.45) is 2.33. The van der Waals surface area contributed by atoms with Gasteiger partial charge in [-0.25, -0.2) is 4.39 Å². The van der Waals surface area contributed by atoms with Crippen molar-refractivity contribution >= 4 is 17.7 Å². The van der Waals surface area contributed by atoms with Crippen LogP contribution < -0.4 is 14.8 Å². The molecule has 29 heavy (non-hydrogen) atoms. The molecule has 9 heteroatoms. The molecule has 1 heterocycles. The first-order valence-corrected chi connectivity index (χ1v) is 10.0. The average molecular weight is 416 g/mol. The molecule has 0 bridgehead atoms. The van der Waals surface area contributed by atoms with Crippen LogP contribution in [0.25, 0.3) is 5.69 Å². The molecular formula is C20H21FN4O3S. The highest BCUT2D eigenvalue weighted by molar-refractivity contribution is 7.98. The number of nitrogens with zero attached hydrogens (tertiary/aromatic N) is 3. The van der Waals surface area contributed by atoms with Gasteiger partial charge < -0.3 is 14.8 Å². The highest BCUT2D eigenvalue weighted by Gasteiger charge is 2.19. The number of rotatable bonds is 8. The second kappa shape index (κ2) is 9.42. The minimum atomic E-state index is -0.313. The van der Waals surface area contributed by atoms with Gasteiger partial charge in [0.15, 0.2) is 5.16 Å². The van der Waals surface area contributed by atoms with Gasteiger partial charge in [-0.1, -0.05) is 17.8 Å². The van der Waals surface area contributed by atoms with Crippen LogP contribution >= 0.6 is 11.8 Å². The molecule has 0 aliphatic carbocycles. The first-order valence-electron chi connectivity index (χ1n) is 8.82. The lowest BCUT2D eigenvalue weighted by molar-refractivity contribution is 0.0947. The Morgan fingerprint density at radius 2 is 1.76 bits per heavy atom. The molecule has 0 aliphatic rings. The van der Waals surface area contributed by atoms with E-state index in [0.29, 0.717) is 41.0 Å². The summed E-state index contributed by atoms with van der Waals surface area (Å²) in [5.41, 5.74) is 1.09. The molecule has 0 aliphatic heterocycles. The Balaban J connectivity index is 1.76. The molecule has 0 unspecified atom stereocenters. The number of amides is 1. The molecule has 0 saturated carbocycles. The second-order valence-electron chi connectivity index (χ2n) is 5.96. The lowest BCUT2D eigenvalue weighted by Crippen LogP contribution is -2.27.